The van der Waals surface area contributed by atoms with Crippen molar-refractivity contribution in [1.82, 2.24) is 0 Å². The quantitative estimate of drug-likeness (QED) is 0.811. The lowest BCUT2D eigenvalue weighted by atomic mass is 9.84. The average molecular weight is 254 g/mol. The summed E-state index contributed by atoms with van der Waals surface area (Å²) in [7, 11) is -0.365. The molecular weight excluding hydrogens is 235 g/mol. The van der Waals surface area contributed by atoms with E-state index in [1.165, 1.54) is 0 Å². The molecule has 1 aromatic rings. The highest BCUT2D eigenvalue weighted by Gasteiger charge is 2.20. The SMILES string of the molecule is COc1cccc(C(C)(C)/C=C(/C)P(O)O)c1. The standard InChI is InChI=1S/C13H19O3P/c1-10(17(14)15)9-13(2,3)11-6-5-7-12(8-11)16-4/h5-9,14-15H,1-4H3/b10-9-. The first-order chi connectivity index (χ1) is 7.86. The van der Waals surface area contributed by atoms with Crippen LogP contribution < -0.4 is 4.74 Å². The van der Waals surface area contributed by atoms with Crippen LogP contribution in [0.5, 0.6) is 5.75 Å². The largest absolute Gasteiger partial charge is 0.497 e. The van der Waals surface area contributed by atoms with E-state index in [2.05, 4.69) is 0 Å². The fourth-order valence-corrected chi connectivity index (χ4v) is 2.13. The highest BCUT2D eigenvalue weighted by molar-refractivity contribution is 7.49. The van der Waals surface area contributed by atoms with Crippen LogP contribution in [0.1, 0.15) is 26.3 Å². The Bertz CT molecular complexity index is 411. The lowest BCUT2D eigenvalue weighted by Crippen LogP contribution is -2.14. The topological polar surface area (TPSA) is 49.7 Å². The Kier molecular flexibility index (Phi) is 4.70. The van der Waals surface area contributed by atoms with Gasteiger partial charge >= 0.3 is 0 Å². The number of ether oxygens (including phenoxy) is 1. The van der Waals surface area contributed by atoms with Gasteiger partial charge in [0.25, 0.3) is 0 Å². The maximum Gasteiger partial charge on any atom is 0.194 e. The molecule has 2 N–H and O–H groups in total. The molecule has 4 heteroatoms. The summed E-state index contributed by atoms with van der Waals surface area (Å²) in [6.07, 6.45) is 1.88. The Labute approximate surface area is 104 Å². The first-order valence-corrected chi connectivity index (χ1v) is 6.63. The molecule has 0 fully saturated rings. The molecule has 94 valence electrons. The predicted molar refractivity (Wildman–Crippen MR) is 71.1 cm³/mol. The zero-order valence-corrected chi connectivity index (χ0v) is 11.5. The van der Waals surface area contributed by atoms with Gasteiger partial charge in [-0.3, -0.25) is 0 Å². The zero-order valence-electron chi connectivity index (χ0n) is 10.6. The fourth-order valence-electron chi connectivity index (χ4n) is 1.69. The van der Waals surface area contributed by atoms with Crippen LogP contribution in [0.4, 0.5) is 0 Å². The Morgan fingerprint density at radius 1 is 1.35 bits per heavy atom. The minimum atomic E-state index is -2.00. The first-order valence-electron chi connectivity index (χ1n) is 5.38. The maximum absolute atomic E-state index is 9.16. The number of hydrogen-bond donors (Lipinski definition) is 2. The summed E-state index contributed by atoms with van der Waals surface area (Å²) in [4.78, 5) is 18.3. The minimum absolute atomic E-state index is 0.259. The molecule has 0 saturated heterocycles. The van der Waals surface area contributed by atoms with Gasteiger partial charge in [-0.2, -0.15) is 0 Å². The van der Waals surface area contributed by atoms with Crippen LogP contribution in [0.3, 0.4) is 0 Å². The number of allylic oxidation sites excluding steroid dienone is 2. The van der Waals surface area contributed by atoms with Crippen LogP contribution in [-0.2, 0) is 5.41 Å². The van der Waals surface area contributed by atoms with Crippen molar-refractivity contribution >= 4 is 8.38 Å². The van der Waals surface area contributed by atoms with E-state index >= 15 is 0 Å². The molecule has 0 aliphatic rings. The fraction of sp³-hybridized carbons (Fsp3) is 0.385. The van der Waals surface area contributed by atoms with Crippen LogP contribution in [0.15, 0.2) is 35.7 Å². The molecule has 1 rings (SSSR count). The third-order valence-corrected chi connectivity index (χ3v) is 3.46. The Balaban J connectivity index is 3.08. The number of rotatable bonds is 4. The van der Waals surface area contributed by atoms with Gasteiger partial charge < -0.3 is 14.5 Å². The highest BCUT2D eigenvalue weighted by atomic mass is 31.2. The molecule has 3 nitrogen and oxygen atoms in total. The monoisotopic (exact) mass is 254 g/mol. The molecule has 0 atom stereocenters. The van der Waals surface area contributed by atoms with E-state index < -0.39 is 8.38 Å². The summed E-state index contributed by atoms with van der Waals surface area (Å²) in [6, 6.07) is 7.78. The molecule has 0 aromatic heterocycles. The molecule has 0 heterocycles. The van der Waals surface area contributed by atoms with Gasteiger partial charge in [-0.05, 0) is 24.6 Å². The van der Waals surface area contributed by atoms with E-state index in [9.17, 15) is 0 Å². The lowest BCUT2D eigenvalue weighted by Gasteiger charge is -2.23. The van der Waals surface area contributed by atoms with Crippen molar-refractivity contribution in [2.24, 2.45) is 0 Å². The molecule has 0 radical (unpaired) electrons. The molecule has 0 aliphatic heterocycles. The van der Waals surface area contributed by atoms with Crippen molar-refractivity contribution in [2.45, 2.75) is 26.2 Å². The highest BCUT2D eigenvalue weighted by Crippen LogP contribution is 2.38. The second-order valence-corrected chi connectivity index (χ2v) is 5.81. The van der Waals surface area contributed by atoms with Gasteiger partial charge in [0.15, 0.2) is 8.38 Å². The van der Waals surface area contributed by atoms with Crippen molar-refractivity contribution < 1.29 is 14.5 Å². The molecule has 0 spiro atoms. The van der Waals surface area contributed by atoms with Gasteiger partial charge in [0.2, 0.25) is 0 Å². The summed E-state index contributed by atoms with van der Waals surface area (Å²) in [5.74, 6) is 0.803. The summed E-state index contributed by atoms with van der Waals surface area (Å²) < 4.78 is 5.19. The molecule has 0 saturated carbocycles. The Morgan fingerprint density at radius 2 is 2.00 bits per heavy atom. The van der Waals surface area contributed by atoms with E-state index in [0.29, 0.717) is 5.31 Å². The van der Waals surface area contributed by atoms with Gasteiger partial charge in [0.1, 0.15) is 5.75 Å². The minimum Gasteiger partial charge on any atom is -0.497 e. The molecule has 17 heavy (non-hydrogen) atoms. The van der Waals surface area contributed by atoms with Crippen molar-refractivity contribution in [3.63, 3.8) is 0 Å². The summed E-state index contributed by atoms with van der Waals surface area (Å²) >= 11 is 0. The smallest absolute Gasteiger partial charge is 0.194 e. The van der Waals surface area contributed by atoms with E-state index in [1.807, 2.05) is 44.2 Å². The number of methoxy groups -OCH3 is 1. The first kappa shape index (κ1) is 14.2. The van der Waals surface area contributed by atoms with Crippen molar-refractivity contribution in [1.29, 1.82) is 0 Å². The van der Waals surface area contributed by atoms with Gasteiger partial charge in [0.05, 0.1) is 7.11 Å². The molecular formula is C13H19O3P. The molecule has 0 aliphatic carbocycles. The van der Waals surface area contributed by atoms with Crippen LogP contribution >= 0.6 is 8.38 Å². The van der Waals surface area contributed by atoms with Crippen LogP contribution in [0.2, 0.25) is 0 Å². The summed E-state index contributed by atoms with van der Waals surface area (Å²) in [6.45, 7) is 5.79. The lowest BCUT2D eigenvalue weighted by molar-refractivity contribution is 0.413. The number of hydrogen-bond acceptors (Lipinski definition) is 3. The van der Waals surface area contributed by atoms with Gasteiger partial charge in [0, 0.05) is 10.7 Å². The second kappa shape index (κ2) is 5.63. The Hall–Kier alpha value is -0.890. The van der Waals surface area contributed by atoms with E-state index in [1.54, 1.807) is 14.0 Å². The van der Waals surface area contributed by atoms with Crippen LogP contribution in [0, 0.1) is 0 Å². The second-order valence-electron chi connectivity index (χ2n) is 4.53. The van der Waals surface area contributed by atoms with E-state index in [-0.39, 0.29) is 5.41 Å². The number of benzene rings is 1. The average Bonchev–Trinajstić information content (AvgIpc) is 2.28. The molecule has 0 bridgehead atoms. The predicted octanol–water partition coefficient (Wildman–Crippen LogP) is 3.17. The zero-order chi connectivity index (χ0) is 13.1. The van der Waals surface area contributed by atoms with Gasteiger partial charge in [-0.1, -0.05) is 32.1 Å². The van der Waals surface area contributed by atoms with Crippen molar-refractivity contribution in [3.8, 4) is 5.75 Å². The molecule has 0 amide bonds. The molecule has 1 aromatic carbocycles. The summed E-state index contributed by atoms with van der Waals surface area (Å²) in [5, 5.41) is 0.604. The van der Waals surface area contributed by atoms with E-state index in [4.69, 9.17) is 14.5 Å². The van der Waals surface area contributed by atoms with Crippen LogP contribution in [0.25, 0.3) is 0 Å². The van der Waals surface area contributed by atoms with E-state index in [0.717, 1.165) is 11.3 Å². The maximum atomic E-state index is 9.16. The van der Waals surface area contributed by atoms with Crippen molar-refractivity contribution in [3.05, 3.63) is 41.2 Å². The Morgan fingerprint density at radius 3 is 2.53 bits per heavy atom. The molecule has 0 unspecified atom stereocenters. The summed E-state index contributed by atoms with van der Waals surface area (Å²) in [5.41, 5.74) is 0.818. The van der Waals surface area contributed by atoms with Crippen LogP contribution in [-0.4, -0.2) is 16.9 Å². The van der Waals surface area contributed by atoms with Gasteiger partial charge in [-0.25, -0.2) is 0 Å². The van der Waals surface area contributed by atoms with Crippen molar-refractivity contribution in [2.75, 3.05) is 7.11 Å². The third-order valence-electron chi connectivity index (χ3n) is 2.70. The van der Waals surface area contributed by atoms with Gasteiger partial charge in [-0.15, -0.1) is 0 Å². The third kappa shape index (κ3) is 3.81. The normalized spacial score (nSPS) is 13.0.